The summed E-state index contributed by atoms with van der Waals surface area (Å²) >= 11 is 6.07. The number of rotatable bonds is 6. The van der Waals surface area contributed by atoms with Gasteiger partial charge in [0.15, 0.2) is 0 Å². The molecule has 1 saturated heterocycles. The number of amides is 2. The number of benzene rings is 1. The minimum absolute atomic E-state index is 0.00348. The van der Waals surface area contributed by atoms with Crippen molar-refractivity contribution < 1.29 is 18.0 Å². The molecule has 0 unspecified atom stereocenters. The van der Waals surface area contributed by atoms with Crippen molar-refractivity contribution in [1.82, 2.24) is 14.6 Å². The lowest BCUT2D eigenvalue weighted by atomic mass is 10.2. The van der Waals surface area contributed by atoms with E-state index in [-0.39, 0.29) is 22.0 Å². The molecule has 1 aromatic carbocycles. The van der Waals surface area contributed by atoms with Gasteiger partial charge in [-0.05, 0) is 43.2 Å². The SMILES string of the molecule is O=C(CNC(=O)c1cc(S(=O)(=O)N2CCCC2)ccc1Cl)Nc1cccnc1. The van der Waals surface area contributed by atoms with Crippen molar-refractivity contribution in [3.8, 4) is 0 Å². The van der Waals surface area contributed by atoms with Crippen molar-refractivity contribution in [1.29, 1.82) is 0 Å². The standard InChI is InChI=1S/C18H19ClN4O4S/c19-16-6-5-14(28(26,27)23-8-1-2-9-23)10-15(16)18(25)21-12-17(24)22-13-4-3-7-20-11-13/h3-7,10-11H,1-2,8-9,12H2,(H,21,25)(H,22,24). The lowest BCUT2D eigenvalue weighted by Crippen LogP contribution is -2.33. The summed E-state index contributed by atoms with van der Waals surface area (Å²) in [6.45, 7) is 0.620. The Morgan fingerprint density at radius 1 is 1.18 bits per heavy atom. The number of nitrogens with zero attached hydrogens (tertiary/aromatic N) is 2. The van der Waals surface area contributed by atoms with Crippen LogP contribution in [0.5, 0.6) is 0 Å². The van der Waals surface area contributed by atoms with Gasteiger partial charge >= 0.3 is 0 Å². The molecule has 0 saturated carbocycles. The first kappa shape index (κ1) is 20.2. The van der Waals surface area contributed by atoms with Crippen molar-refractivity contribution in [2.24, 2.45) is 0 Å². The molecule has 0 radical (unpaired) electrons. The summed E-state index contributed by atoms with van der Waals surface area (Å²) in [4.78, 5) is 28.3. The Balaban J connectivity index is 1.68. The monoisotopic (exact) mass is 422 g/mol. The van der Waals surface area contributed by atoms with Gasteiger partial charge in [0.2, 0.25) is 15.9 Å². The third kappa shape index (κ3) is 4.67. The molecular formula is C18H19ClN4O4S. The molecule has 28 heavy (non-hydrogen) atoms. The van der Waals surface area contributed by atoms with E-state index in [1.807, 2.05) is 0 Å². The Labute approximate surface area is 168 Å². The summed E-state index contributed by atoms with van der Waals surface area (Å²) in [6.07, 6.45) is 4.67. The van der Waals surface area contributed by atoms with Crippen molar-refractivity contribution in [2.45, 2.75) is 17.7 Å². The van der Waals surface area contributed by atoms with Gasteiger partial charge in [-0.15, -0.1) is 0 Å². The Morgan fingerprint density at radius 3 is 2.61 bits per heavy atom. The number of pyridine rings is 1. The molecule has 148 valence electrons. The maximum absolute atomic E-state index is 12.7. The first-order chi connectivity index (χ1) is 13.4. The lowest BCUT2D eigenvalue weighted by Gasteiger charge is -2.16. The Hall–Kier alpha value is -2.49. The molecule has 0 atom stereocenters. The fourth-order valence-electron chi connectivity index (χ4n) is 2.81. The van der Waals surface area contributed by atoms with Gasteiger partial charge in [0.1, 0.15) is 0 Å². The van der Waals surface area contributed by atoms with E-state index in [2.05, 4.69) is 15.6 Å². The van der Waals surface area contributed by atoms with Crippen LogP contribution in [-0.2, 0) is 14.8 Å². The minimum Gasteiger partial charge on any atom is -0.343 e. The average molecular weight is 423 g/mol. The van der Waals surface area contributed by atoms with Gasteiger partial charge in [-0.3, -0.25) is 14.6 Å². The van der Waals surface area contributed by atoms with Crippen LogP contribution in [0.15, 0.2) is 47.6 Å². The molecule has 1 aliphatic heterocycles. The maximum Gasteiger partial charge on any atom is 0.253 e. The van der Waals surface area contributed by atoms with Gasteiger partial charge < -0.3 is 10.6 Å². The molecule has 8 nitrogen and oxygen atoms in total. The van der Waals surface area contributed by atoms with Crippen LogP contribution in [0.25, 0.3) is 0 Å². The second kappa shape index (κ2) is 8.68. The normalized spacial score (nSPS) is 14.6. The van der Waals surface area contributed by atoms with Crippen LogP contribution in [0, 0.1) is 0 Å². The van der Waals surface area contributed by atoms with E-state index in [1.54, 1.807) is 18.3 Å². The van der Waals surface area contributed by atoms with Crippen molar-refractivity contribution in [3.05, 3.63) is 53.3 Å². The van der Waals surface area contributed by atoms with Gasteiger partial charge in [-0.25, -0.2) is 8.42 Å². The van der Waals surface area contributed by atoms with Crippen LogP contribution in [-0.4, -0.2) is 49.2 Å². The number of halogens is 1. The smallest absolute Gasteiger partial charge is 0.253 e. The first-order valence-electron chi connectivity index (χ1n) is 8.66. The highest BCUT2D eigenvalue weighted by Gasteiger charge is 2.28. The molecule has 2 amide bonds. The van der Waals surface area contributed by atoms with Crippen molar-refractivity contribution >= 4 is 39.1 Å². The van der Waals surface area contributed by atoms with Gasteiger partial charge in [0, 0.05) is 19.3 Å². The number of aromatic nitrogens is 1. The van der Waals surface area contributed by atoms with E-state index in [0.29, 0.717) is 18.8 Å². The fraction of sp³-hybridized carbons (Fsp3) is 0.278. The van der Waals surface area contributed by atoms with Crippen LogP contribution >= 0.6 is 11.6 Å². The number of sulfonamides is 1. The Morgan fingerprint density at radius 2 is 1.93 bits per heavy atom. The zero-order valence-electron chi connectivity index (χ0n) is 14.9. The minimum atomic E-state index is -3.67. The zero-order valence-corrected chi connectivity index (χ0v) is 16.5. The molecule has 1 fully saturated rings. The molecule has 0 spiro atoms. The fourth-order valence-corrected chi connectivity index (χ4v) is 4.56. The van der Waals surface area contributed by atoms with Gasteiger partial charge in [-0.2, -0.15) is 4.31 Å². The van der Waals surface area contributed by atoms with Gasteiger partial charge in [0.05, 0.1) is 33.9 Å². The lowest BCUT2D eigenvalue weighted by molar-refractivity contribution is -0.115. The molecule has 1 aliphatic rings. The second-order valence-corrected chi connectivity index (χ2v) is 8.57. The number of nitrogens with one attached hydrogen (secondary N) is 2. The van der Waals surface area contributed by atoms with E-state index >= 15 is 0 Å². The van der Waals surface area contributed by atoms with Gasteiger partial charge in [-0.1, -0.05) is 11.6 Å². The molecule has 0 aliphatic carbocycles. The predicted octanol–water partition coefficient (Wildman–Crippen LogP) is 1.89. The van der Waals surface area contributed by atoms with Gasteiger partial charge in [0.25, 0.3) is 5.91 Å². The van der Waals surface area contributed by atoms with E-state index in [4.69, 9.17) is 11.6 Å². The van der Waals surface area contributed by atoms with E-state index in [0.717, 1.165) is 12.8 Å². The molecule has 2 heterocycles. The largest absolute Gasteiger partial charge is 0.343 e. The van der Waals surface area contributed by atoms with Crippen molar-refractivity contribution in [3.63, 3.8) is 0 Å². The highest BCUT2D eigenvalue weighted by Crippen LogP contribution is 2.25. The predicted molar refractivity (Wildman–Crippen MR) is 105 cm³/mol. The summed E-state index contributed by atoms with van der Waals surface area (Å²) in [5, 5.41) is 5.13. The molecule has 0 bridgehead atoms. The molecule has 3 rings (SSSR count). The first-order valence-corrected chi connectivity index (χ1v) is 10.5. The molecule has 10 heteroatoms. The summed E-state index contributed by atoms with van der Waals surface area (Å²) in [5.41, 5.74) is 0.495. The number of hydrogen-bond acceptors (Lipinski definition) is 5. The van der Waals surface area contributed by atoms with E-state index in [9.17, 15) is 18.0 Å². The zero-order chi connectivity index (χ0) is 20.1. The third-order valence-corrected chi connectivity index (χ3v) is 6.46. The average Bonchev–Trinajstić information content (AvgIpc) is 3.23. The number of hydrogen-bond donors (Lipinski definition) is 2. The van der Waals surface area contributed by atoms with Crippen molar-refractivity contribution in [2.75, 3.05) is 25.0 Å². The summed E-state index contributed by atoms with van der Waals surface area (Å²) in [6, 6.07) is 7.32. The highest BCUT2D eigenvalue weighted by atomic mass is 35.5. The molecule has 2 N–H and O–H groups in total. The van der Waals surface area contributed by atoms with Crippen LogP contribution < -0.4 is 10.6 Å². The molecular weight excluding hydrogens is 404 g/mol. The van der Waals surface area contributed by atoms with Crippen LogP contribution in [0.1, 0.15) is 23.2 Å². The number of carbonyl (C=O) groups is 2. The quantitative estimate of drug-likeness (QED) is 0.738. The topological polar surface area (TPSA) is 108 Å². The summed E-state index contributed by atoms with van der Waals surface area (Å²) in [5.74, 6) is -1.08. The Kier molecular flexibility index (Phi) is 6.28. The maximum atomic E-state index is 12.7. The van der Waals surface area contributed by atoms with Crippen LogP contribution in [0.4, 0.5) is 5.69 Å². The number of carbonyl (C=O) groups excluding carboxylic acids is 2. The van der Waals surface area contributed by atoms with Crippen LogP contribution in [0.3, 0.4) is 0 Å². The summed E-state index contributed by atoms with van der Waals surface area (Å²) in [7, 11) is -3.67. The van der Waals surface area contributed by atoms with E-state index in [1.165, 1.54) is 28.7 Å². The van der Waals surface area contributed by atoms with Crippen LogP contribution in [0.2, 0.25) is 5.02 Å². The van der Waals surface area contributed by atoms with E-state index < -0.39 is 21.8 Å². The molecule has 2 aromatic rings. The highest BCUT2D eigenvalue weighted by molar-refractivity contribution is 7.89. The number of anilines is 1. The Bertz CT molecular complexity index is 976. The second-order valence-electron chi connectivity index (χ2n) is 6.23. The summed E-state index contributed by atoms with van der Waals surface area (Å²) < 4.78 is 26.7. The molecule has 1 aromatic heterocycles. The third-order valence-electron chi connectivity index (χ3n) is 4.24.